The Labute approximate surface area is 76.0 Å². The van der Waals surface area contributed by atoms with Crippen molar-refractivity contribution < 1.29 is 0 Å². The van der Waals surface area contributed by atoms with E-state index in [1.165, 1.54) is 0 Å². The molecule has 0 aliphatic carbocycles. The minimum Gasteiger partial charge on any atom is -0.343 e. The molecule has 0 aromatic carbocycles. The molecule has 13 heavy (non-hydrogen) atoms. The summed E-state index contributed by atoms with van der Waals surface area (Å²) in [4.78, 5) is 14.7. The van der Waals surface area contributed by atoms with E-state index in [0.717, 1.165) is 22.5 Å². The summed E-state index contributed by atoms with van der Waals surface area (Å²) in [5.74, 6) is 0. The number of H-pyrrole nitrogens is 1. The maximum absolute atomic E-state index is 11.6. The van der Waals surface area contributed by atoms with Crippen molar-refractivity contribution in [2.45, 2.75) is 20.8 Å². The van der Waals surface area contributed by atoms with Crippen LogP contribution in [0.2, 0.25) is 0 Å². The Kier molecular flexibility index (Phi) is 1.55. The number of fused-ring (bicyclic) bond motifs is 1. The minimum absolute atomic E-state index is 0.127. The molecule has 0 spiro atoms. The van der Waals surface area contributed by atoms with Crippen LogP contribution in [-0.2, 0) is 0 Å². The van der Waals surface area contributed by atoms with Gasteiger partial charge in [0, 0.05) is 29.2 Å². The van der Waals surface area contributed by atoms with Crippen LogP contribution in [0.15, 0.2) is 17.2 Å². The molecule has 0 amide bonds. The Balaban J connectivity index is 3.01. The van der Waals surface area contributed by atoms with Gasteiger partial charge in [0.25, 0.3) is 0 Å². The maximum Gasteiger partial charge on any atom is 0.189 e. The zero-order chi connectivity index (χ0) is 9.59. The number of aromatic nitrogens is 2. The summed E-state index contributed by atoms with van der Waals surface area (Å²) < 4.78 is 1.96. The predicted molar refractivity (Wildman–Crippen MR) is 52.2 cm³/mol. The summed E-state index contributed by atoms with van der Waals surface area (Å²) in [7, 11) is 0. The highest BCUT2D eigenvalue weighted by molar-refractivity contribution is 5.49. The molecule has 2 aromatic heterocycles. The van der Waals surface area contributed by atoms with E-state index in [1.807, 2.05) is 37.6 Å². The monoisotopic (exact) mass is 176 g/mol. The molecule has 0 unspecified atom stereocenters. The predicted octanol–water partition coefficient (Wildman–Crippen LogP) is 1.55. The van der Waals surface area contributed by atoms with Crippen molar-refractivity contribution in [3.63, 3.8) is 0 Å². The lowest BCUT2D eigenvalue weighted by Gasteiger charge is -1.98. The Morgan fingerprint density at radius 1 is 1.23 bits per heavy atom. The van der Waals surface area contributed by atoms with E-state index in [9.17, 15) is 4.79 Å². The number of hydrogen-bond acceptors (Lipinski definition) is 1. The van der Waals surface area contributed by atoms with Gasteiger partial charge in [-0.3, -0.25) is 4.79 Å². The van der Waals surface area contributed by atoms with Crippen molar-refractivity contribution in [3.05, 3.63) is 39.4 Å². The Bertz CT molecular complexity index is 519. The molecule has 68 valence electrons. The van der Waals surface area contributed by atoms with E-state index in [-0.39, 0.29) is 5.43 Å². The average molecular weight is 176 g/mol. The van der Waals surface area contributed by atoms with E-state index in [1.54, 1.807) is 0 Å². The highest BCUT2D eigenvalue weighted by atomic mass is 16.1. The zero-order valence-corrected chi connectivity index (χ0v) is 8.01. The number of imidazole rings is 1. The van der Waals surface area contributed by atoms with E-state index < -0.39 is 0 Å². The molecule has 0 aliphatic rings. The standard InChI is InChI=1S/C10H12N2O/c1-6-4-12-5-7(2)11-10(12)8(3)9(6)13/h4-5,11H,1-3H3. The molecule has 3 nitrogen and oxygen atoms in total. The first-order chi connectivity index (χ1) is 6.09. The van der Waals surface area contributed by atoms with E-state index in [4.69, 9.17) is 0 Å². The van der Waals surface area contributed by atoms with Gasteiger partial charge in [0.05, 0.1) is 0 Å². The van der Waals surface area contributed by atoms with Gasteiger partial charge in [0.15, 0.2) is 5.43 Å². The number of nitrogens with zero attached hydrogens (tertiary/aromatic N) is 1. The van der Waals surface area contributed by atoms with Crippen molar-refractivity contribution >= 4 is 5.65 Å². The van der Waals surface area contributed by atoms with Gasteiger partial charge >= 0.3 is 0 Å². The van der Waals surface area contributed by atoms with Crippen LogP contribution in [0, 0.1) is 20.8 Å². The molecule has 3 heteroatoms. The largest absolute Gasteiger partial charge is 0.343 e. The third-order valence-corrected chi connectivity index (χ3v) is 2.29. The quantitative estimate of drug-likeness (QED) is 0.649. The topological polar surface area (TPSA) is 37.3 Å². The number of aryl methyl sites for hydroxylation is 3. The molecule has 0 aliphatic heterocycles. The summed E-state index contributed by atoms with van der Waals surface area (Å²) in [5.41, 5.74) is 3.66. The number of nitrogens with one attached hydrogen (secondary N) is 1. The molecule has 2 heterocycles. The molecule has 0 atom stereocenters. The van der Waals surface area contributed by atoms with Gasteiger partial charge in [0.2, 0.25) is 0 Å². The number of pyridine rings is 1. The first kappa shape index (κ1) is 8.10. The van der Waals surface area contributed by atoms with Crippen LogP contribution >= 0.6 is 0 Å². The number of hydrogen-bond donors (Lipinski definition) is 1. The second kappa shape index (κ2) is 2.49. The molecular formula is C10H12N2O. The highest BCUT2D eigenvalue weighted by Gasteiger charge is 2.05. The van der Waals surface area contributed by atoms with Crippen molar-refractivity contribution in [2.24, 2.45) is 0 Å². The van der Waals surface area contributed by atoms with Gasteiger partial charge in [-0.1, -0.05) is 0 Å². The van der Waals surface area contributed by atoms with Gasteiger partial charge in [0.1, 0.15) is 5.65 Å². The molecule has 0 saturated heterocycles. The highest BCUT2D eigenvalue weighted by Crippen LogP contribution is 2.07. The SMILES string of the molecule is Cc1cn2cc(C)c(=O)c(C)c2[nH]1. The first-order valence-electron chi connectivity index (χ1n) is 4.27. The lowest BCUT2D eigenvalue weighted by Crippen LogP contribution is -2.10. The van der Waals surface area contributed by atoms with Crippen molar-refractivity contribution in [1.29, 1.82) is 0 Å². The zero-order valence-electron chi connectivity index (χ0n) is 8.01. The average Bonchev–Trinajstić information content (AvgIpc) is 2.42. The van der Waals surface area contributed by atoms with Crippen LogP contribution in [0.3, 0.4) is 0 Å². The molecule has 2 rings (SSSR count). The van der Waals surface area contributed by atoms with Crippen LogP contribution in [0.25, 0.3) is 5.65 Å². The van der Waals surface area contributed by atoms with Crippen LogP contribution in [0.5, 0.6) is 0 Å². The van der Waals surface area contributed by atoms with E-state index in [0.29, 0.717) is 0 Å². The van der Waals surface area contributed by atoms with Gasteiger partial charge < -0.3 is 9.38 Å². The van der Waals surface area contributed by atoms with E-state index in [2.05, 4.69) is 4.98 Å². The van der Waals surface area contributed by atoms with Gasteiger partial charge in [-0.15, -0.1) is 0 Å². The molecule has 0 bridgehead atoms. The lowest BCUT2D eigenvalue weighted by atomic mass is 10.2. The third-order valence-electron chi connectivity index (χ3n) is 2.29. The minimum atomic E-state index is 0.127. The first-order valence-corrected chi connectivity index (χ1v) is 4.27. The molecule has 0 fully saturated rings. The molecule has 0 saturated carbocycles. The number of rotatable bonds is 0. The Morgan fingerprint density at radius 2 is 1.92 bits per heavy atom. The fraction of sp³-hybridized carbons (Fsp3) is 0.300. The Morgan fingerprint density at radius 3 is 2.62 bits per heavy atom. The maximum atomic E-state index is 11.6. The van der Waals surface area contributed by atoms with Gasteiger partial charge in [-0.05, 0) is 20.8 Å². The van der Waals surface area contributed by atoms with Crippen LogP contribution < -0.4 is 5.43 Å². The summed E-state index contributed by atoms with van der Waals surface area (Å²) in [6.45, 7) is 5.66. The van der Waals surface area contributed by atoms with Crippen molar-refractivity contribution in [3.8, 4) is 0 Å². The molecular weight excluding hydrogens is 164 g/mol. The van der Waals surface area contributed by atoms with Crippen molar-refractivity contribution in [2.75, 3.05) is 0 Å². The summed E-state index contributed by atoms with van der Waals surface area (Å²) in [5, 5.41) is 0. The molecule has 1 N–H and O–H groups in total. The van der Waals surface area contributed by atoms with Crippen LogP contribution in [0.4, 0.5) is 0 Å². The van der Waals surface area contributed by atoms with Crippen LogP contribution in [-0.4, -0.2) is 9.38 Å². The molecule has 0 radical (unpaired) electrons. The second-order valence-corrected chi connectivity index (χ2v) is 3.46. The number of aromatic amines is 1. The summed E-state index contributed by atoms with van der Waals surface area (Å²) in [6.07, 6.45) is 3.84. The Hall–Kier alpha value is -1.51. The van der Waals surface area contributed by atoms with E-state index >= 15 is 0 Å². The van der Waals surface area contributed by atoms with Crippen molar-refractivity contribution in [1.82, 2.24) is 9.38 Å². The summed E-state index contributed by atoms with van der Waals surface area (Å²) >= 11 is 0. The van der Waals surface area contributed by atoms with Gasteiger partial charge in [-0.2, -0.15) is 0 Å². The molecule has 2 aromatic rings. The van der Waals surface area contributed by atoms with Crippen LogP contribution in [0.1, 0.15) is 16.8 Å². The third kappa shape index (κ3) is 1.08. The summed E-state index contributed by atoms with van der Waals surface area (Å²) in [6, 6.07) is 0. The normalized spacial score (nSPS) is 11.0. The lowest BCUT2D eigenvalue weighted by molar-refractivity contribution is 1.11. The fourth-order valence-electron chi connectivity index (χ4n) is 1.62. The fourth-order valence-corrected chi connectivity index (χ4v) is 1.62. The second-order valence-electron chi connectivity index (χ2n) is 3.46. The smallest absolute Gasteiger partial charge is 0.189 e. The van der Waals surface area contributed by atoms with Gasteiger partial charge in [-0.25, -0.2) is 0 Å².